The highest BCUT2D eigenvalue weighted by Crippen LogP contribution is 2.22. The Balaban J connectivity index is 2.09. The Bertz CT molecular complexity index is 725. The highest BCUT2D eigenvalue weighted by molar-refractivity contribution is 7.16. The van der Waals surface area contributed by atoms with Crippen LogP contribution in [0.25, 0.3) is 11.2 Å². The zero-order chi connectivity index (χ0) is 11.8. The van der Waals surface area contributed by atoms with Crippen LogP contribution < -0.4 is 5.49 Å². The first-order chi connectivity index (χ1) is 8.24. The molecular formula is C10H8ClN5S. The van der Waals surface area contributed by atoms with Crippen molar-refractivity contribution < 1.29 is 0 Å². The first-order valence-electron chi connectivity index (χ1n) is 4.91. The van der Waals surface area contributed by atoms with Gasteiger partial charge in [0.15, 0.2) is 11.1 Å². The van der Waals surface area contributed by atoms with E-state index in [9.17, 15) is 0 Å². The number of nitrogens with zero attached hydrogens (tertiary/aromatic N) is 3. The van der Waals surface area contributed by atoms with Gasteiger partial charge in [-0.3, -0.25) is 5.41 Å². The Morgan fingerprint density at radius 1 is 1.41 bits per heavy atom. The van der Waals surface area contributed by atoms with Crippen molar-refractivity contribution in [3.05, 3.63) is 39.5 Å². The van der Waals surface area contributed by atoms with Crippen LogP contribution >= 0.6 is 22.9 Å². The number of fused-ring (bicyclic) bond motifs is 1. The second-order valence-electron chi connectivity index (χ2n) is 3.53. The van der Waals surface area contributed by atoms with Crippen molar-refractivity contribution in [3.63, 3.8) is 0 Å². The minimum absolute atomic E-state index is 0.206. The Morgan fingerprint density at radius 2 is 2.29 bits per heavy atom. The van der Waals surface area contributed by atoms with Gasteiger partial charge in [0.05, 0.1) is 23.5 Å². The van der Waals surface area contributed by atoms with E-state index in [1.165, 1.54) is 11.3 Å². The molecule has 0 amide bonds. The van der Waals surface area contributed by atoms with Crippen molar-refractivity contribution in [1.82, 2.24) is 19.5 Å². The maximum absolute atomic E-state index is 7.65. The van der Waals surface area contributed by atoms with Crippen LogP contribution in [0.3, 0.4) is 0 Å². The highest BCUT2D eigenvalue weighted by atomic mass is 35.5. The molecule has 0 aliphatic heterocycles. The van der Waals surface area contributed by atoms with E-state index in [0.29, 0.717) is 12.1 Å². The predicted octanol–water partition coefficient (Wildman–Crippen LogP) is 2.00. The van der Waals surface area contributed by atoms with Gasteiger partial charge in [0.2, 0.25) is 0 Å². The number of halogens is 1. The van der Waals surface area contributed by atoms with Crippen LogP contribution in [0.4, 0.5) is 0 Å². The molecule has 0 aliphatic carbocycles. The molecule has 0 bridgehead atoms. The summed E-state index contributed by atoms with van der Waals surface area (Å²) in [6, 6.07) is 3.85. The van der Waals surface area contributed by atoms with Gasteiger partial charge in [-0.05, 0) is 12.1 Å². The number of aromatic amines is 1. The minimum Gasteiger partial charge on any atom is -0.340 e. The third-order valence-corrected chi connectivity index (χ3v) is 3.63. The summed E-state index contributed by atoms with van der Waals surface area (Å²) in [5.41, 5.74) is 1.59. The summed E-state index contributed by atoms with van der Waals surface area (Å²) < 4.78 is 2.66. The van der Waals surface area contributed by atoms with Crippen molar-refractivity contribution >= 4 is 34.1 Å². The highest BCUT2D eigenvalue weighted by Gasteiger charge is 2.06. The lowest BCUT2D eigenvalue weighted by Crippen LogP contribution is -2.12. The summed E-state index contributed by atoms with van der Waals surface area (Å²) in [5.74, 6) is 0. The van der Waals surface area contributed by atoms with Crippen LogP contribution in [0.15, 0.2) is 24.8 Å². The average Bonchev–Trinajstić information content (AvgIpc) is 2.92. The van der Waals surface area contributed by atoms with E-state index in [-0.39, 0.29) is 5.49 Å². The summed E-state index contributed by atoms with van der Waals surface area (Å²) in [4.78, 5) is 12.3. The number of hydrogen-bond donors (Lipinski definition) is 2. The van der Waals surface area contributed by atoms with Crippen molar-refractivity contribution in [3.8, 4) is 0 Å². The van der Waals surface area contributed by atoms with Gasteiger partial charge in [0, 0.05) is 4.88 Å². The molecule has 0 spiro atoms. The maximum Gasteiger partial charge on any atom is 0.173 e. The summed E-state index contributed by atoms with van der Waals surface area (Å²) in [6.07, 6.45) is 3.20. The van der Waals surface area contributed by atoms with E-state index < -0.39 is 0 Å². The molecule has 0 radical (unpaired) electrons. The van der Waals surface area contributed by atoms with Gasteiger partial charge in [0.25, 0.3) is 0 Å². The van der Waals surface area contributed by atoms with Crippen LogP contribution in [0.2, 0.25) is 4.34 Å². The number of rotatable bonds is 2. The maximum atomic E-state index is 7.65. The smallest absolute Gasteiger partial charge is 0.173 e. The van der Waals surface area contributed by atoms with Gasteiger partial charge in [-0.25, -0.2) is 9.97 Å². The Labute approximate surface area is 105 Å². The second-order valence-corrected chi connectivity index (χ2v) is 5.33. The van der Waals surface area contributed by atoms with Crippen LogP contribution in [-0.4, -0.2) is 19.5 Å². The molecule has 0 unspecified atom stereocenters. The summed E-state index contributed by atoms with van der Waals surface area (Å²) in [5, 5.41) is 7.65. The zero-order valence-corrected chi connectivity index (χ0v) is 10.2. The molecule has 0 saturated carbocycles. The van der Waals surface area contributed by atoms with E-state index in [1.807, 2.05) is 16.7 Å². The number of aromatic nitrogens is 4. The van der Waals surface area contributed by atoms with E-state index in [0.717, 1.165) is 14.9 Å². The van der Waals surface area contributed by atoms with Crippen LogP contribution in [-0.2, 0) is 6.54 Å². The van der Waals surface area contributed by atoms with E-state index in [4.69, 9.17) is 17.0 Å². The first kappa shape index (κ1) is 10.5. The molecule has 3 heterocycles. The molecule has 0 atom stereocenters. The van der Waals surface area contributed by atoms with E-state index in [1.54, 1.807) is 12.7 Å². The van der Waals surface area contributed by atoms with Crippen molar-refractivity contribution in [1.29, 1.82) is 5.41 Å². The molecule has 3 aromatic rings. The second kappa shape index (κ2) is 3.97. The SMILES string of the molecule is N=c1ncn(Cc2ccc(Cl)s2)c2nc[nH]c12. The van der Waals surface area contributed by atoms with Gasteiger partial charge in [-0.2, -0.15) is 0 Å². The molecule has 0 fully saturated rings. The van der Waals surface area contributed by atoms with Crippen molar-refractivity contribution in [2.24, 2.45) is 0 Å². The topological polar surface area (TPSA) is 70.3 Å². The van der Waals surface area contributed by atoms with Crippen LogP contribution in [0.5, 0.6) is 0 Å². The molecular weight excluding hydrogens is 258 g/mol. The molecule has 0 aromatic carbocycles. The fraction of sp³-hybridized carbons (Fsp3) is 0.100. The first-order valence-corrected chi connectivity index (χ1v) is 6.11. The quantitative estimate of drug-likeness (QED) is 0.744. The largest absolute Gasteiger partial charge is 0.340 e. The Morgan fingerprint density at radius 3 is 3.06 bits per heavy atom. The number of nitrogens with one attached hydrogen (secondary N) is 2. The lowest BCUT2D eigenvalue weighted by atomic mass is 10.4. The molecule has 3 aromatic heterocycles. The summed E-state index contributed by atoms with van der Waals surface area (Å²) >= 11 is 7.42. The predicted molar refractivity (Wildman–Crippen MR) is 66.2 cm³/mol. The number of imidazole rings is 1. The molecule has 5 nitrogen and oxygen atoms in total. The lowest BCUT2D eigenvalue weighted by molar-refractivity contribution is 0.794. The van der Waals surface area contributed by atoms with Gasteiger partial charge >= 0.3 is 0 Å². The van der Waals surface area contributed by atoms with Crippen LogP contribution in [0, 0.1) is 5.41 Å². The third kappa shape index (κ3) is 1.85. The molecule has 0 saturated heterocycles. The molecule has 0 aliphatic rings. The van der Waals surface area contributed by atoms with Crippen molar-refractivity contribution in [2.75, 3.05) is 0 Å². The van der Waals surface area contributed by atoms with Gasteiger partial charge in [-0.1, -0.05) is 11.6 Å². The summed E-state index contributed by atoms with van der Waals surface area (Å²) in [6.45, 7) is 0.659. The fourth-order valence-corrected chi connectivity index (χ4v) is 2.73. The molecule has 17 heavy (non-hydrogen) atoms. The Hall–Kier alpha value is -1.66. The molecule has 7 heteroatoms. The number of H-pyrrole nitrogens is 1. The van der Waals surface area contributed by atoms with Gasteiger partial charge in [0.1, 0.15) is 5.52 Å². The zero-order valence-electron chi connectivity index (χ0n) is 8.64. The number of thiophene rings is 1. The average molecular weight is 266 g/mol. The fourth-order valence-electron chi connectivity index (χ4n) is 1.65. The van der Waals surface area contributed by atoms with Gasteiger partial charge in [-0.15, -0.1) is 11.3 Å². The van der Waals surface area contributed by atoms with E-state index >= 15 is 0 Å². The minimum atomic E-state index is 0.206. The molecule has 3 rings (SSSR count). The normalized spacial score (nSPS) is 11.1. The lowest BCUT2D eigenvalue weighted by Gasteiger charge is -2.04. The summed E-state index contributed by atoms with van der Waals surface area (Å²) in [7, 11) is 0. The van der Waals surface area contributed by atoms with E-state index in [2.05, 4.69) is 15.0 Å². The van der Waals surface area contributed by atoms with Crippen molar-refractivity contribution in [2.45, 2.75) is 6.54 Å². The third-order valence-electron chi connectivity index (χ3n) is 2.41. The Kier molecular flexibility index (Phi) is 2.45. The standard InChI is InChI=1S/C10H8ClN5S/c11-7-2-1-6(17-7)3-16-5-15-9(12)8-10(16)14-4-13-8/h1-2,4-5,12H,3H2,(H,13,14). The number of hydrogen-bond acceptors (Lipinski definition) is 4. The van der Waals surface area contributed by atoms with Gasteiger partial charge < -0.3 is 9.55 Å². The van der Waals surface area contributed by atoms with Crippen LogP contribution in [0.1, 0.15) is 4.88 Å². The monoisotopic (exact) mass is 265 g/mol. The molecule has 2 N–H and O–H groups in total. The molecule has 86 valence electrons.